The van der Waals surface area contributed by atoms with E-state index in [4.69, 9.17) is 10.6 Å². The summed E-state index contributed by atoms with van der Waals surface area (Å²) in [5.74, 6) is 7.10. The number of rotatable bonds is 6. The molecule has 1 aromatic heterocycles. The van der Waals surface area contributed by atoms with Crippen LogP contribution in [-0.2, 0) is 4.79 Å². The molecule has 0 fully saturated rings. The summed E-state index contributed by atoms with van der Waals surface area (Å²) < 4.78 is 7.03. The van der Waals surface area contributed by atoms with Gasteiger partial charge >= 0.3 is 0 Å². The maximum Gasteiger partial charge on any atom is 0.234 e. The number of aryl methyl sites for hydroxylation is 1. The molecule has 1 heterocycles. The maximum absolute atomic E-state index is 12.0. The highest BCUT2D eigenvalue weighted by Gasteiger charge is 2.08. The summed E-state index contributed by atoms with van der Waals surface area (Å²) in [6.45, 7) is 2.02. The molecule has 0 aliphatic rings. The summed E-state index contributed by atoms with van der Waals surface area (Å²) in [4.78, 5) is 12.0. The number of carbonyl (C=O) groups excluding carboxylic acids is 1. The van der Waals surface area contributed by atoms with Crippen LogP contribution in [0.3, 0.4) is 0 Å². The van der Waals surface area contributed by atoms with Crippen LogP contribution in [0.15, 0.2) is 60.0 Å². The van der Waals surface area contributed by atoms with Crippen LogP contribution >= 0.6 is 11.8 Å². The van der Waals surface area contributed by atoms with Gasteiger partial charge in [-0.05, 0) is 43.3 Å². The molecule has 0 aliphatic heterocycles. The first kappa shape index (κ1) is 16.8. The van der Waals surface area contributed by atoms with Gasteiger partial charge in [0.15, 0.2) is 0 Å². The summed E-state index contributed by atoms with van der Waals surface area (Å²) in [6.07, 6.45) is 1.38. The molecular weight excluding hydrogens is 338 g/mol. The predicted octanol–water partition coefficient (Wildman–Crippen LogP) is 2.82. The zero-order chi connectivity index (χ0) is 17.6. The Kier molecular flexibility index (Phi) is 5.20. The van der Waals surface area contributed by atoms with Crippen LogP contribution in [0.2, 0.25) is 0 Å². The Morgan fingerprint density at radius 3 is 2.40 bits per heavy atom. The van der Waals surface area contributed by atoms with Crippen molar-refractivity contribution in [1.29, 1.82) is 0 Å². The summed E-state index contributed by atoms with van der Waals surface area (Å²) in [7, 11) is 0. The van der Waals surface area contributed by atoms with E-state index in [1.165, 1.54) is 28.3 Å². The van der Waals surface area contributed by atoms with Crippen LogP contribution in [0.5, 0.6) is 11.5 Å². The number of amides is 1. The van der Waals surface area contributed by atoms with E-state index in [2.05, 4.69) is 15.5 Å². The Labute approximate surface area is 149 Å². The molecular formula is C17H17N5O2S. The number of benzene rings is 2. The molecule has 0 bridgehead atoms. The van der Waals surface area contributed by atoms with Crippen molar-refractivity contribution in [3.05, 3.63) is 60.4 Å². The first-order chi connectivity index (χ1) is 12.1. The zero-order valence-corrected chi connectivity index (χ0v) is 14.4. The summed E-state index contributed by atoms with van der Waals surface area (Å²) in [5, 5.41) is 10.8. The molecule has 0 spiro atoms. The molecule has 0 saturated carbocycles. The molecule has 0 radical (unpaired) electrons. The van der Waals surface area contributed by atoms with Crippen molar-refractivity contribution in [2.75, 3.05) is 16.9 Å². The van der Waals surface area contributed by atoms with Gasteiger partial charge in [-0.3, -0.25) is 4.79 Å². The van der Waals surface area contributed by atoms with Crippen LogP contribution in [0.4, 0.5) is 5.69 Å². The lowest BCUT2D eigenvalue weighted by Crippen LogP contribution is -2.15. The van der Waals surface area contributed by atoms with Gasteiger partial charge < -0.3 is 15.9 Å². The van der Waals surface area contributed by atoms with E-state index in [1.807, 2.05) is 31.2 Å². The van der Waals surface area contributed by atoms with Gasteiger partial charge in [0.1, 0.15) is 17.8 Å². The van der Waals surface area contributed by atoms with Crippen molar-refractivity contribution in [3.63, 3.8) is 0 Å². The highest BCUT2D eigenvalue weighted by Crippen LogP contribution is 2.23. The molecule has 25 heavy (non-hydrogen) atoms. The molecule has 2 aromatic carbocycles. The minimum Gasteiger partial charge on any atom is -0.457 e. The molecule has 0 saturated heterocycles. The normalized spacial score (nSPS) is 10.4. The Morgan fingerprint density at radius 1 is 1.16 bits per heavy atom. The number of ether oxygens (including phenoxy) is 1. The fourth-order valence-corrected chi connectivity index (χ4v) is 2.64. The largest absolute Gasteiger partial charge is 0.457 e. The van der Waals surface area contributed by atoms with Crippen LogP contribution in [0.1, 0.15) is 5.56 Å². The number of nitrogens with two attached hydrogens (primary N) is 1. The lowest BCUT2D eigenvalue weighted by molar-refractivity contribution is -0.113. The van der Waals surface area contributed by atoms with Gasteiger partial charge in [-0.1, -0.05) is 29.5 Å². The van der Waals surface area contributed by atoms with Crippen LogP contribution < -0.4 is 15.9 Å². The number of hydrogen-bond donors (Lipinski definition) is 2. The molecule has 7 nitrogen and oxygen atoms in total. The van der Waals surface area contributed by atoms with Gasteiger partial charge in [-0.2, -0.15) is 0 Å². The van der Waals surface area contributed by atoms with Crippen LogP contribution in [0.25, 0.3) is 0 Å². The van der Waals surface area contributed by atoms with Crippen molar-refractivity contribution >= 4 is 23.4 Å². The third-order valence-electron chi connectivity index (χ3n) is 3.27. The lowest BCUT2D eigenvalue weighted by atomic mass is 10.2. The molecule has 3 rings (SSSR count). The third kappa shape index (κ3) is 4.74. The van der Waals surface area contributed by atoms with E-state index in [9.17, 15) is 4.79 Å². The lowest BCUT2D eigenvalue weighted by Gasteiger charge is -2.08. The first-order valence-electron chi connectivity index (χ1n) is 7.52. The fourth-order valence-electron chi connectivity index (χ4n) is 2.01. The maximum atomic E-state index is 12.0. The van der Waals surface area contributed by atoms with Crippen LogP contribution in [-0.4, -0.2) is 26.5 Å². The number of aromatic nitrogens is 3. The van der Waals surface area contributed by atoms with E-state index >= 15 is 0 Å². The Hall–Kier alpha value is -3.00. The molecule has 3 N–H and O–H groups in total. The van der Waals surface area contributed by atoms with E-state index < -0.39 is 0 Å². The first-order valence-corrected chi connectivity index (χ1v) is 8.51. The average Bonchev–Trinajstić information content (AvgIpc) is 3.02. The summed E-state index contributed by atoms with van der Waals surface area (Å²) >= 11 is 1.21. The minimum absolute atomic E-state index is 0.153. The van der Waals surface area contributed by atoms with E-state index in [0.29, 0.717) is 16.6 Å². The van der Waals surface area contributed by atoms with Crippen molar-refractivity contribution in [2.24, 2.45) is 0 Å². The number of thioether (sulfide) groups is 1. The second-order valence-corrected chi connectivity index (χ2v) is 6.24. The fraction of sp³-hybridized carbons (Fsp3) is 0.118. The smallest absolute Gasteiger partial charge is 0.234 e. The molecule has 8 heteroatoms. The van der Waals surface area contributed by atoms with Crippen LogP contribution in [0, 0.1) is 6.92 Å². The Balaban J connectivity index is 1.52. The molecule has 128 valence electrons. The average molecular weight is 355 g/mol. The zero-order valence-electron chi connectivity index (χ0n) is 13.5. The van der Waals surface area contributed by atoms with Gasteiger partial charge in [0.2, 0.25) is 11.1 Å². The van der Waals surface area contributed by atoms with Crippen molar-refractivity contribution in [2.45, 2.75) is 12.1 Å². The van der Waals surface area contributed by atoms with Gasteiger partial charge in [-0.25, -0.2) is 4.68 Å². The number of nitrogen functional groups attached to an aromatic ring is 1. The number of carbonyl (C=O) groups is 1. The Morgan fingerprint density at radius 2 is 1.80 bits per heavy atom. The van der Waals surface area contributed by atoms with E-state index in [1.54, 1.807) is 24.3 Å². The number of nitrogens with one attached hydrogen (secondary N) is 1. The summed E-state index contributed by atoms with van der Waals surface area (Å²) in [5.41, 5.74) is 1.87. The highest BCUT2D eigenvalue weighted by molar-refractivity contribution is 7.99. The standard InChI is InChI=1S/C17H17N5O2S/c1-12-2-6-14(7-3-12)24-15-8-4-13(5-9-15)20-16(23)10-25-17-21-19-11-22(17)18/h2-9,11H,10,18H2,1H3,(H,20,23). The third-order valence-corrected chi connectivity index (χ3v) is 4.22. The van der Waals surface area contributed by atoms with E-state index in [-0.39, 0.29) is 11.7 Å². The van der Waals surface area contributed by atoms with Crippen molar-refractivity contribution in [3.8, 4) is 11.5 Å². The quantitative estimate of drug-likeness (QED) is 0.521. The Bertz CT molecular complexity index is 846. The van der Waals surface area contributed by atoms with Gasteiger partial charge in [0.25, 0.3) is 0 Å². The molecule has 0 atom stereocenters. The SMILES string of the molecule is Cc1ccc(Oc2ccc(NC(=O)CSc3nncn3N)cc2)cc1. The highest BCUT2D eigenvalue weighted by atomic mass is 32.2. The van der Waals surface area contributed by atoms with E-state index in [0.717, 1.165) is 5.75 Å². The molecule has 1 amide bonds. The second-order valence-electron chi connectivity index (χ2n) is 5.30. The van der Waals surface area contributed by atoms with Crippen molar-refractivity contribution in [1.82, 2.24) is 14.9 Å². The van der Waals surface area contributed by atoms with Gasteiger partial charge in [-0.15, -0.1) is 10.2 Å². The molecule has 3 aromatic rings. The monoisotopic (exact) mass is 355 g/mol. The number of nitrogens with zero attached hydrogens (tertiary/aromatic N) is 3. The molecule has 0 aliphatic carbocycles. The number of anilines is 1. The number of hydrogen-bond acceptors (Lipinski definition) is 6. The summed E-state index contributed by atoms with van der Waals surface area (Å²) in [6, 6.07) is 15.0. The second kappa shape index (κ2) is 7.71. The van der Waals surface area contributed by atoms with Gasteiger partial charge in [0, 0.05) is 5.69 Å². The predicted molar refractivity (Wildman–Crippen MR) is 97.2 cm³/mol. The minimum atomic E-state index is -0.153. The van der Waals surface area contributed by atoms with Gasteiger partial charge in [0.05, 0.1) is 5.75 Å². The topological polar surface area (TPSA) is 95.1 Å². The van der Waals surface area contributed by atoms with Crippen molar-refractivity contribution < 1.29 is 9.53 Å². The molecule has 0 unspecified atom stereocenters.